The van der Waals surface area contributed by atoms with Crippen LogP contribution in [-0.4, -0.2) is 33.2 Å². The maximum atomic E-state index is 6.26. The molecule has 0 unspecified atom stereocenters. The van der Waals surface area contributed by atoms with Gasteiger partial charge in [0.2, 0.25) is 0 Å². The molecule has 1 aliphatic rings. The van der Waals surface area contributed by atoms with Crippen LogP contribution in [0.1, 0.15) is 107 Å². The van der Waals surface area contributed by atoms with Crippen LogP contribution in [-0.2, 0) is 13.7 Å². The van der Waals surface area contributed by atoms with Crippen LogP contribution < -0.4 is 0 Å². The average molecular weight is 451 g/mol. The summed E-state index contributed by atoms with van der Waals surface area (Å²) in [7, 11) is -1.79. The zero-order chi connectivity index (χ0) is 23.8. The minimum absolute atomic E-state index is 0.234. The molecule has 1 saturated heterocycles. The number of rotatable bonds is 13. The van der Waals surface area contributed by atoms with Gasteiger partial charge in [0.25, 0.3) is 0 Å². The number of allylic oxidation sites excluding steroid dienone is 4. The Morgan fingerprint density at radius 3 is 1.87 bits per heavy atom. The molecule has 180 valence electrons. The van der Waals surface area contributed by atoms with E-state index in [1.165, 1.54) is 44.9 Å². The van der Waals surface area contributed by atoms with Crippen molar-refractivity contribution in [3.05, 3.63) is 23.7 Å². The van der Waals surface area contributed by atoms with E-state index in [4.69, 9.17) is 13.7 Å². The summed E-state index contributed by atoms with van der Waals surface area (Å²) < 4.78 is 18.4. The molecule has 3 nitrogen and oxygen atoms in total. The van der Waals surface area contributed by atoms with Gasteiger partial charge >= 0.3 is 7.12 Å². The fraction of sp³-hybridized carbons (Fsp3) is 0.846. The monoisotopic (exact) mass is 450 g/mol. The number of hydrogen-bond donors (Lipinski definition) is 0. The van der Waals surface area contributed by atoms with E-state index in [9.17, 15) is 0 Å². The molecule has 0 aromatic rings. The van der Waals surface area contributed by atoms with Gasteiger partial charge in [0.15, 0.2) is 8.32 Å². The summed E-state index contributed by atoms with van der Waals surface area (Å²) in [5.41, 5.74) is 0.593. The van der Waals surface area contributed by atoms with Crippen molar-refractivity contribution < 1.29 is 13.7 Å². The number of hydrogen-bond acceptors (Lipinski definition) is 3. The van der Waals surface area contributed by atoms with Gasteiger partial charge in [-0.05, 0) is 77.5 Å². The average Bonchev–Trinajstić information content (AvgIpc) is 2.85. The Kier molecular flexibility index (Phi) is 11.3. The molecule has 0 radical (unpaired) electrons. The van der Waals surface area contributed by atoms with Crippen LogP contribution in [0.3, 0.4) is 0 Å². The quantitative estimate of drug-likeness (QED) is 0.161. The maximum Gasteiger partial charge on any atom is 0.490 e. The molecule has 0 bridgehead atoms. The van der Waals surface area contributed by atoms with E-state index in [1.54, 1.807) is 0 Å². The Labute approximate surface area is 195 Å². The molecular weight excluding hydrogens is 399 g/mol. The Hall–Kier alpha value is -0.358. The van der Waals surface area contributed by atoms with E-state index < -0.39 is 8.32 Å². The standard InChI is InChI=1S/C26H51BO3Si/c1-23(27-29-25(5,6)26(7,8)30-27)21-19-17-15-13-11-12-14-16-18-20-22-28-31(9,10)24(2,3)4/h17,19,21H,11-16,18,20,22H2,1-10H3/b19-17+,23-21-. The fourth-order valence-corrected chi connectivity index (χ4v) is 4.30. The topological polar surface area (TPSA) is 27.7 Å². The largest absolute Gasteiger partial charge is 0.490 e. The van der Waals surface area contributed by atoms with Gasteiger partial charge < -0.3 is 13.7 Å². The van der Waals surface area contributed by atoms with Crippen LogP contribution in [0.5, 0.6) is 0 Å². The van der Waals surface area contributed by atoms with E-state index in [1.807, 2.05) is 0 Å². The van der Waals surface area contributed by atoms with E-state index in [0.29, 0.717) is 5.04 Å². The summed E-state index contributed by atoms with van der Waals surface area (Å²) in [6.45, 7) is 23.0. The van der Waals surface area contributed by atoms with Gasteiger partial charge in [-0.25, -0.2) is 0 Å². The second-order valence-electron chi connectivity index (χ2n) is 11.8. The highest BCUT2D eigenvalue weighted by atomic mass is 28.4. The summed E-state index contributed by atoms with van der Waals surface area (Å²) in [6, 6.07) is 0. The first-order chi connectivity index (χ1) is 14.2. The Morgan fingerprint density at radius 1 is 0.871 bits per heavy atom. The lowest BCUT2D eigenvalue weighted by atomic mass is 9.79. The zero-order valence-corrected chi connectivity index (χ0v) is 23.4. The second kappa shape index (κ2) is 12.2. The third kappa shape index (κ3) is 9.57. The SMILES string of the molecule is C/C(=C/C=C/CCCCCCCCCO[Si](C)(C)C(C)(C)C)B1OC(C)(C)C(C)(C)O1. The molecule has 0 aliphatic carbocycles. The van der Waals surface area contributed by atoms with Gasteiger partial charge in [0.05, 0.1) is 11.2 Å². The van der Waals surface area contributed by atoms with Crippen LogP contribution in [0.25, 0.3) is 0 Å². The second-order valence-corrected chi connectivity index (χ2v) is 16.6. The molecular formula is C26H51BO3Si. The van der Waals surface area contributed by atoms with Crippen LogP contribution in [0.4, 0.5) is 0 Å². The summed E-state index contributed by atoms with van der Waals surface area (Å²) in [5, 5.41) is 0.321. The minimum Gasteiger partial charge on any atom is -0.417 e. The predicted octanol–water partition coefficient (Wildman–Crippen LogP) is 8.26. The highest BCUT2D eigenvalue weighted by molar-refractivity contribution is 6.74. The molecule has 0 saturated carbocycles. The lowest BCUT2D eigenvalue weighted by molar-refractivity contribution is 0.00578. The summed E-state index contributed by atoms with van der Waals surface area (Å²) in [4.78, 5) is 0. The molecule has 0 aromatic heterocycles. The third-order valence-corrected chi connectivity index (χ3v) is 11.9. The van der Waals surface area contributed by atoms with Crippen molar-refractivity contribution in [3.8, 4) is 0 Å². The maximum absolute atomic E-state index is 6.26. The summed E-state index contributed by atoms with van der Waals surface area (Å²) in [5.74, 6) is 0. The summed E-state index contributed by atoms with van der Waals surface area (Å²) in [6.07, 6.45) is 16.9. The van der Waals surface area contributed by atoms with Crippen molar-refractivity contribution >= 4 is 15.4 Å². The highest BCUT2D eigenvalue weighted by Crippen LogP contribution is 2.38. The van der Waals surface area contributed by atoms with Gasteiger partial charge in [-0.15, -0.1) is 0 Å². The fourth-order valence-electron chi connectivity index (χ4n) is 3.22. The first-order valence-corrected chi connectivity index (χ1v) is 15.4. The minimum atomic E-state index is -1.55. The lowest BCUT2D eigenvalue weighted by Gasteiger charge is -2.36. The smallest absolute Gasteiger partial charge is 0.417 e. The van der Waals surface area contributed by atoms with Gasteiger partial charge in [0.1, 0.15) is 0 Å². The number of unbranched alkanes of at least 4 members (excludes halogenated alkanes) is 7. The molecule has 0 N–H and O–H groups in total. The molecule has 1 rings (SSSR count). The highest BCUT2D eigenvalue weighted by Gasteiger charge is 2.51. The normalized spacial score (nSPS) is 19.5. The molecule has 5 heteroatoms. The molecule has 0 aromatic carbocycles. The molecule has 1 heterocycles. The first kappa shape index (κ1) is 28.7. The molecule has 1 aliphatic heterocycles. The molecule has 31 heavy (non-hydrogen) atoms. The van der Waals surface area contributed by atoms with E-state index >= 15 is 0 Å². The lowest BCUT2D eigenvalue weighted by Crippen LogP contribution is -2.41. The van der Waals surface area contributed by atoms with Crippen LogP contribution in [0.2, 0.25) is 18.1 Å². The van der Waals surface area contributed by atoms with Gasteiger partial charge in [-0.3, -0.25) is 0 Å². The molecule has 0 spiro atoms. The Balaban J connectivity index is 2.05. The first-order valence-electron chi connectivity index (χ1n) is 12.5. The Bertz CT molecular complexity index is 572. The van der Waals surface area contributed by atoms with Crippen molar-refractivity contribution in [2.24, 2.45) is 0 Å². The van der Waals surface area contributed by atoms with Gasteiger partial charge in [-0.1, -0.05) is 71.1 Å². The van der Waals surface area contributed by atoms with Gasteiger partial charge in [0, 0.05) is 6.61 Å². The van der Waals surface area contributed by atoms with Gasteiger partial charge in [-0.2, -0.15) is 0 Å². The van der Waals surface area contributed by atoms with E-state index in [-0.39, 0.29) is 18.3 Å². The van der Waals surface area contributed by atoms with Crippen LogP contribution >= 0.6 is 0 Å². The van der Waals surface area contributed by atoms with Crippen molar-refractivity contribution in [2.45, 2.75) is 136 Å². The van der Waals surface area contributed by atoms with Crippen molar-refractivity contribution in [3.63, 3.8) is 0 Å². The van der Waals surface area contributed by atoms with Crippen LogP contribution in [0, 0.1) is 0 Å². The predicted molar refractivity (Wildman–Crippen MR) is 139 cm³/mol. The molecule has 0 amide bonds. The van der Waals surface area contributed by atoms with Crippen molar-refractivity contribution in [1.29, 1.82) is 0 Å². The Morgan fingerprint density at radius 2 is 1.35 bits per heavy atom. The molecule has 0 atom stereocenters. The summed E-state index contributed by atoms with van der Waals surface area (Å²) >= 11 is 0. The van der Waals surface area contributed by atoms with E-state index in [0.717, 1.165) is 18.5 Å². The third-order valence-electron chi connectivity index (χ3n) is 7.40. The van der Waals surface area contributed by atoms with Crippen LogP contribution in [0.15, 0.2) is 23.7 Å². The zero-order valence-electron chi connectivity index (χ0n) is 22.4. The van der Waals surface area contributed by atoms with E-state index in [2.05, 4.69) is 86.7 Å². The van der Waals surface area contributed by atoms with Crippen molar-refractivity contribution in [1.82, 2.24) is 0 Å². The molecule has 1 fully saturated rings. The van der Waals surface area contributed by atoms with Crippen molar-refractivity contribution in [2.75, 3.05) is 6.61 Å².